The predicted octanol–water partition coefficient (Wildman–Crippen LogP) is 4.04. The Hall–Kier alpha value is -2.80. The number of rotatable bonds is 3. The third kappa shape index (κ3) is 4.15. The Labute approximate surface area is 177 Å². The summed E-state index contributed by atoms with van der Waals surface area (Å²) in [5.41, 5.74) is 4.68. The maximum Gasteiger partial charge on any atom is 0.273 e. The summed E-state index contributed by atoms with van der Waals surface area (Å²) >= 11 is 3.28. The van der Waals surface area contributed by atoms with Crippen LogP contribution in [0.1, 0.15) is 25.2 Å². The van der Waals surface area contributed by atoms with Gasteiger partial charge in [-0.1, -0.05) is 40.2 Å². The summed E-state index contributed by atoms with van der Waals surface area (Å²) < 4.78 is 3.50. The van der Waals surface area contributed by atoms with E-state index in [2.05, 4.69) is 25.9 Å². The number of halogens is 1. The summed E-state index contributed by atoms with van der Waals surface area (Å²) in [6, 6.07) is 15.4. The van der Waals surface area contributed by atoms with E-state index in [-0.39, 0.29) is 11.1 Å². The molecule has 0 amide bonds. The number of hydrogen-bond donors (Lipinski definition) is 0. The standard InChI is InChI=1S/C11H11BrN2O.C11H12N2O/c1-2-14-10-6-4-3-5-8(10)13-9(7-12)11(14)15;1-3-13-10-7-5-4-6-9(10)12-8(2)11(13)14/h3-6H,2,7H2,1H3;4-7H,3H2,1-2H3. The fraction of sp³-hybridized carbons (Fsp3) is 0.273. The van der Waals surface area contributed by atoms with Crippen LogP contribution in [0.4, 0.5) is 0 Å². The number of nitrogens with zero attached hydrogens (tertiary/aromatic N) is 4. The summed E-state index contributed by atoms with van der Waals surface area (Å²) in [5, 5.41) is 0.497. The normalized spacial score (nSPS) is 10.8. The summed E-state index contributed by atoms with van der Waals surface area (Å²) in [5.74, 6) is 0. The zero-order valence-electron chi connectivity index (χ0n) is 16.7. The molecule has 2 aromatic carbocycles. The van der Waals surface area contributed by atoms with Crippen LogP contribution in [0.5, 0.6) is 0 Å². The minimum Gasteiger partial charge on any atom is -0.305 e. The Morgan fingerprint density at radius 2 is 1.28 bits per heavy atom. The second-order valence-corrected chi connectivity index (χ2v) is 7.03. The minimum absolute atomic E-state index is 0.00574. The van der Waals surface area contributed by atoms with Crippen LogP contribution in [0.3, 0.4) is 0 Å². The monoisotopic (exact) mass is 454 g/mol. The van der Waals surface area contributed by atoms with Gasteiger partial charge in [0.15, 0.2) is 0 Å². The zero-order chi connectivity index (χ0) is 21.0. The third-order valence-electron chi connectivity index (χ3n) is 4.69. The molecule has 0 unspecified atom stereocenters. The van der Waals surface area contributed by atoms with Crippen LogP contribution < -0.4 is 11.1 Å². The molecule has 150 valence electrons. The van der Waals surface area contributed by atoms with Gasteiger partial charge in [0.2, 0.25) is 0 Å². The number of benzene rings is 2. The topological polar surface area (TPSA) is 69.8 Å². The van der Waals surface area contributed by atoms with Gasteiger partial charge in [0.05, 0.1) is 27.4 Å². The smallest absolute Gasteiger partial charge is 0.273 e. The highest BCUT2D eigenvalue weighted by atomic mass is 79.9. The molecule has 4 aromatic rings. The van der Waals surface area contributed by atoms with Crippen LogP contribution in [0.15, 0.2) is 58.1 Å². The molecule has 0 fully saturated rings. The highest BCUT2D eigenvalue weighted by Gasteiger charge is 2.08. The Morgan fingerprint density at radius 3 is 1.79 bits per heavy atom. The Balaban J connectivity index is 0.000000166. The van der Waals surface area contributed by atoms with Crippen molar-refractivity contribution in [3.05, 3.63) is 80.6 Å². The van der Waals surface area contributed by atoms with Crippen molar-refractivity contribution >= 4 is 38.0 Å². The van der Waals surface area contributed by atoms with Gasteiger partial charge in [0.1, 0.15) is 11.4 Å². The van der Waals surface area contributed by atoms with Crippen LogP contribution in [-0.4, -0.2) is 19.1 Å². The molecule has 2 aromatic heterocycles. The van der Waals surface area contributed by atoms with Gasteiger partial charge in [-0.3, -0.25) is 9.59 Å². The van der Waals surface area contributed by atoms with Crippen LogP contribution in [0.25, 0.3) is 22.1 Å². The summed E-state index contributed by atoms with van der Waals surface area (Å²) in [6.45, 7) is 7.03. The van der Waals surface area contributed by atoms with Crippen molar-refractivity contribution < 1.29 is 0 Å². The molecule has 29 heavy (non-hydrogen) atoms. The maximum absolute atomic E-state index is 11.9. The molecular weight excluding hydrogens is 432 g/mol. The van der Waals surface area contributed by atoms with E-state index in [4.69, 9.17) is 0 Å². The highest BCUT2D eigenvalue weighted by molar-refractivity contribution is 9.08. The molecule has 0 aliphatic rings. The average Bonchev–Trinajstić information content (AvgIpc) is 2.75. The van der Waals surface area contributed by atoms with E-state index in [9.17, 15) is 9.59 Å². The molecule has 7 heteroatoms. The lowest BCUT2D eigenvalue weighted by molar-refractivity contribution is 0.743. The minimum atomic E-state index is -0.00641. The van der Waals surface area contributed by atoms with Gasteiger partial charge in [-0.25, -0.2) is 9.97 Å². The van der Waals surface area contributed by atoms with Crippen LogP contribution >= 0.6 is 15.9 Å². The van der Waals surface area contributed by atoms with E-state index in [1.807, 2.05) is 62.4 Å². The number of aromatic nitrogens is 4. The molecule has 0 aliphatic carbocycles. The molecule has 0 saturated heterocycles. The lowest BCUT2D eigenvalue weighted by Gasteiger charge is -2.08. The number of hydrogen-bond acceptors (Lipinski definition) is 4. The van der Waals surface area contributed by atoms with E-state index >= 15 is 0 Å². The fourth-order valence-corrected chi connectivity index (χ4v) is 3.65. The molecule has 0 N–H and O–H groups in total. The number of alkyl halides is 1. The van der Waals surface area contributed by atoms with Crippen LogP contribution in [0, 0.1) is 6.92 Å². The molecule has 0 saturated carbocycles. The first-order valence-electron chi connectivity index (χ1n) is 9.52. The first kappa shape index (κ1) is 20.9. The van der Waals surface area contributed by atoms with Crippen molar-refractivity contribution in [2.24, 2.45) is 0 Å². The largest absolute Gasteiger partial charge is 0.305 e. The van der Waals surface area contributed by atoms with Gasteiger partial charge in [0.25, 0.3) is 11.1 Å². The molecule has 0 aliphatic heterocycles. The molecular formula is C22H23BrN4O2. The number of fused-ring (bicyclic) bond motifs is 2. The Kier molecular flexibility index (Phi) is 6.59. The highest BCUT2D eigenvalue weighted by Crippen LogP contribution is 2.11. The van der Waals surface area contributed by atoms with Gasteiger partial charge >= 0.3 is 0 Å². The predicted molar refractivity (Wildman–Crippen MR) is 121 cm³/mol. The summed E-state index contributed by atoms with van der Waals surface area (Å²) in [6.07, 6.45) is 0. The lowest BCUT2D eigenvalue weighted by Crippen LogP contribution is -2.24. The molecule has 0 bridgehead atoms. The van der Waals surface area contributed by atoms with E-state index in [0.29, 0.717) is 29.8 Å². The van der Waals surface area contributed by atoms with Crippen molar-refractivity contribution in [3.63, 3.8) is 0 Å². The quantitative estimate of drug-likeness (QED) is 0.438. The fourth-order valence-electron chi connectivity index (χ4n) is 3.28. The van der Waals surface area contributed by atoms with Gasteiger partial charge in [-0.15, -0.1) is 0 Å². The Morgan fingerprint density at radius 1 is 0.793 bits per heavy atom. The Bertz CT molecular complexity index is 1280. The van der Waals surface area contributed by atoms with Crippen molar-refractivity contribution in [2.45, 2.75) is 39.2 Å². The summed E-state index contributed by atoms with van der Waals surface area (Å²) in [4.78, 5) is 32.2. The SMILES string of the molecule is CCn1c(=O)c(C)nc2ccccc21.CCn1c(=O)c(CBr)nc2ccccc21. The van der Waals surface area contributed by atoms with Gasteiger partial charge in [0, 0.05) is 13.1 Å². The average molecular weight is 455 g/mol. The summed E-state index contributed by atoms with van der Waals surface area (Å²) in [7, 11) is 0. The molecule has 6 nitrogen and oxygen atoms in total. The van der Waals surface area contributed by atoms with Gasteiger partial charge < -0.3 is 9.13 Å². The van der Waals surface area contributed by atoms with Crippen molar-refractivity contribution in [3.8, 4) is 0 Å². The van der Waals surface area contributed by atoms with Gasteiger partial charge in [-0.2, -0.15) is 0 Å². The molecule has 2 heterocycles. The molecule has 0 radical (unpaired) electrons. The van der Waals surface area contributed by atoms with E-state index < -0.39 is 0 Å². The van der Waals surface area contributed by atoms with Crippen molar-refractivity contribution in [2.75, 3.05) is 0 Å². The van der Waals surface area contributed by atoms with Crippen LogP contribution in [0.2, 0.25) is 0 Å². The lowest BCUT2D eigenvalue weighted by atomic mass is 10.3. The molecule has 0 spiro atoms. The van der Waals surface area contributed by atoms with Crippen LogP contribution in [-0.2, 0) is 18.4 Å². The van der Waals surface area contributed by atoms with E-state index in [1.54, 1.807) is 16.1 Å². The number of aryl methyl sites for hydroxylation is 3. The number of para-hydroxylation sites is 4. The molecule has 4 rings (SSSR count). The third-order valence-corrected chi connectivity index (χ3v) is 5.23. The van der Waals surface area contributed by atoms with E-state index in [0.717, 1.165) is 22.1 Å². The maximum atomic E-state index is 11.9. The second kappa shape index (κ2) is 9.13. The van der Waals surface area contributed by atoms with Crippen molar-refractivity contribution in [1.29, 1.82) is 0 Å². The second-order valence-electron chi connectivity index (χ2n) is 6.47. The first-order chi connectivity index (χ1) is 14.0. The molecule has 0 atom stereocenters. The first-order valence-corrected chi connectivity index (χ1v) is 10.6. The zero-order valence-corrected chi connectivity index (χ0v) is 18.3. The van der Waals surface area contributed by atoms with Crippen molar-refractivity contribution in [1.82, 2.24) is 19.1 Å². The van der Waals surface area contributed by atoms with Gasteiger partial charge in [-0.05, 0) is 45.0 Å². The van der Waals surface area contributed by atoms with E-state index in [1.165, 1.54) is 0 Å².